The fraction of sp³-hybridized carbons (Fsp3) is 0.880. The highest BCUT2D eigenvalue weighted by Gasteiger charge is 2.15. The zero-order valence-electron chi connectivity index (χ0n) is 19.0. The lowest BCUT2D eigenvalue weighted by Crippen LogP contribution is -2.37. The Morgan fingerprint density at radius 3 is 1.63 bits per heavy atom. The van der Waals surface area contributed by atoms with E-state index in [9.17, 15) is 0 Å². The van der Waals surface area contributed by atoms with Crippen molar-refractivity contribution in [2.75, 3.05) is 0 Å². The van der Waals surface area contributed by atoms with E-state index in [4.69, 9.17) is 0 Å². The van der Waals surface area contributed by atoms with Crippen molar-refractivity contribution in [2.24, 2.45) is 0 Å². The molecule has 0 radical (unpaired) electrons. The lowest BCUT2D eigenvalue weighted by Gasteiger charge is -2.05. The topological polar surface area (TPSA) is 8.81 Å². The van der Waals surface area contributed by atoms with Crippen LogP contribution in [0.4, 0.5) is 0 Å². The molecule has 0 saturated carbocycles. The van der Waals surface area contributed by atoms with Gasteiger partial charge in [-0.1, -0.05) is 97.3 Å². The van der Waals surface area contributed by atoms with Crippen LogP contribution in [0.5, 0.6) is 0 Å². The SMILES string of the molecule is CCCCCCCCCCC[n+]1ccn(CC)c1CCCCCCCCC. The number of hydrogen-bond acceptors (Lipinski definition) is 0. The van der Waals surface area contributed by atoms with Crippen LogP contribution in [-0.2, 0) is 19.5 Å². The molecule has 1 aromatic rings. The average Bonchev–Trinajstić information content (AvgIpc) is 3.08. The minimum absolute atomic E-state index is 1.11. The molecule has 2 nitrogen and oxygen atoms in total. The van der Waals surface area contributed by atoms with Crippen molar-refractivity contribution in [3.8, 4) is 0 Å². The lowest BCUT2D eigenvalue weighted by atomic mass is 10.1. The Bertz CT molecular complexity index is 436. The molecule has 0 aromatic carbocycles. The molecule has 0 bridgehead atoms. The molecule has 0 aliphatic heterocycles. The van der Waals surface area contributed by atoms with Gasteiger partial charge in [0.2, 0.25) is 0 Å². The molecule has 0 aliphatic rings. The highest BCUT2D eigenvalue weighted by atomic mass is 15.1. The molecule has 2 heteroatoms. The maximum atomic E-state index is 2.54. The van der Waals surface area contributed by atoms with Gasteiger partial charge in [0.25, 0.3) is 5.82 Å². The second kappa shape index (κ2) is 17.3. The lowest BCUT2D eigenvalue weighted by molar-refractivity contribution is -0.704. The molecule has 0 N–H and O–H groups in total. The Balaban J connectivity index is 2.18. The van der Waals surface area contributed by atoms with Gasteiger partial charge in [-0.25, -0.2) is 9.13 Å². The van der Waals surface area contributed by atoms with Gasteiger partial charge in [-0.3, -0.25) is 0 Å². The number of unbranched alkanes of at least 4 members (excludes halogenated alkanes) is 14. The third-order valence-corrected chi connectivity index (χ3v) is 5.94. The van der Waals surface area contributed by atoms with Crippen LogP contribution in [0.25, 0.3) is 0 Å². The van der Waals surface area contributed by atoms with Crippen molar-refractivity contribution in [3.63, 3.8) is 0 Å². The van der Waals surface area contributed by atoms with Crippen molar-refractivity contribution in [1.82, 2.24) is 4.57 Å². The monoisotopic (exact) mass is 377 g/mol. The third-order valence-electron chi connectivity index (χ3n) is 5.94. The van der Waals surface area contributed by atoms with Gasteiger partial charge >= 0.3 is 0 Å². The van der Waals surface area contributed by atoms with Crippen LogP contribution >= 0.6 is 0 Å². The summed E-state index contributed by atoms with van der Waals surface area (Å²) in [6.45, 7) is 9.19. The van der Waals surface area contributed by atoms with E-state index in [2.05, 4.69) is 42.3 Å². The van der Waals surface area contributed by atoms with Gasteiger partial charge in [0.1, 0.15) is 12.4 Å². The molecular weight excluding hydrogens is 328 g/mol. The van der Waals surface area contributed by atoms with E-state index in [-0.39, 0.29) is 0 Å². The molecule has 1 rings (SSSR count). The maximum absolute atomic E-state index is 2.54. The Hall–Kier alpha value is -0.790. The van der Waals surface area contributed by atoms with Crippen molar-refractivity contribution < 1.29 is 4.57 Å². The summed E-state index contributed by atoms with van der Waals surface area (Å²) in [5.74, 6) is 1.56. The van der Waals surface area contributed by atoms with Gasteiger partial charge in [-0.2, -0.15) is 0 Å². The minimum Gasteiger partial charge on any atom is -0.235 e. The molecule has 158 valence electrons. The summed E-state index contributed by atoms with van der Waals surface area (Å²) in [4.78, 5) is 0. The first kappa shape index (κ1) is 24.2. The number of nitrogens with zero attached hydrogens (tertiary/aromatic N) is 2. The molecule has 0 atom stereocenters. The second-order valence-electron chi connectivity index (χ2n) is 8.39. The van der Waals surface area contributed by atoms with Crippen molar-refractivity contribution in [3.05, 3.63) is 18.2 Å². The maximum Gasteiger partial charge on any atom is 0.256 e. The van der Waals surface area contributed by atoms with E-state index in [0.717, 1.165) is 6.54 Å². The first-order chi connectivity index (χ1) is 13.3. The van der Waals surface area contributed by atoms with Crippen molar-refractivity contribution >= 4 is 0 Å². The number of aryl methyl sites for hydroxylation is 2. The van der Waals surface area contributed by atoms with E-state index in [1.54, 1.807) is 5.82 Å². The number of imidazole rings is 1. The molecule has 27 heavy (non-hydrogen) atoms. The highest BCUT2D eigenvalue weighted by Crippen LogP contribution is 2.11. The van der Waals surface area contributed by atoms with Gasteiger partial charge in [-0.15, -0.1) is 0 Å². The Kier molecular flexibility index (Phi) is 15.6. The second-order valence-corrected chi connectivity index (χ2v) is 8.39. The zero-order valence-corrected chi connectivity index (χ0v) is 19.0. The summed E-state index contributed by atoms with van der Waals surface area (Å²) in [6, 6.07) is 0. The zero-order chi connectivity index (χ0) is 19.6. The van der Waals surface area contributed by atoms with Crippen LogP contribution < -0.4 is 4.57 Å². The summed E-state index contributed by atoms with van der Waals surface area (Å²) >= 11 is 0. The summed E-state index contributed by atoms with van der Waals surface area (Å²) in [7, 11) is 0. The Morgan fingerprint density at radius 2 is 1.11 bits per heavy atom. The fourth-order valence-electron chi connectivity index (χ4n) is 4.11. The first-order valence-corrected chi connectivity index (χ1v) is 12.4. The molecule has 0 spiro atoms. The van der Waals surface area contributed by atoms with Crippen molar-refractivity contribution in [1.29, 1.82) is 0 Å². The number of hydrogen-bond donors (Lipinski definition) is 0. The smallest absolute Gasteiger partial charge is 0.235 e. The largest absolute Gasteiger partial charge is 0.256 e. The van der Waals surface area contributed by atoms with Crippen molar-refractivity contribution in [2.45, 2.75) is 143 Å². The first-order valence-electron chi connectivity index (χ1n) is 12.4. The van der Waals surface area contributed by atoms with Gasteiger partial charge in [0, 0.05) is 6.42 Å². The van der Waals surface area contributed by atoms with E-state index in [1.165, 1.54) is 116 Å². The molecule has 0 aliphatic carbocycles. The standard InChI is InChI=1S/C25H49N2/c1-4-7-9-11-13-14-16-18-20-22-27-24-23-26(6-3)25(27)21-19-17-15-12-10-8-5-2/h23-24H,4-22H2,1-3H3/q+1. The van der Waals surface area contributed by atoms with Crippen LogP contribution in [-0.4, -0.2) is 4.57 Å². The normalized spacial score (nSPS) is 11.4. The molecule has 0 fully saturated rings. The molecule has 1 heterocycles. The van der Waals surface area contributed by atoms with Gasteiger partial charge in [0.15, 0.2) is 0 Å². The molecule has 0 saturated heterocycles. The van der Waals surface area contributed by atoms with Crippen LogP contribution in [0.2, 0.25) is 0 Å². The number of aromatic nitrogens is 2. The van der Waals surface area contributed by atoms with Gasteiger partial charge in [-0.05, 0) is 26.2 Å². The Morgan fingerprint density at radius 1 is 0.630 bits per heavy atom. The van der Waals surface area contributed by atoms with Gasteiger partial charge < -0.3 is 0 Å². The quantitative estimate of drug-likeness (QED) is 0.173. The van der Waals surface area contributed by atoms with Crippen LogP contribution in [0, 0.1) is 0 Å². The number of rotatable bonds is 19. The Labute approximate surface area is 170 Å². The molecule has 0 unspecified atom stereocenters. The van der Waals surface area contributed by atoms with E-state index >= 15 is 0 Å². The summed E-state index contributed by atoms with van der Waals surface area (Å²) < 4.78 is 5.01. The molecule has 1 aromatic heterocycles. The van der Waals surface area contributed by atoms with Crippen LogP contribution in [0.3, 0.4) is 0 Å². The predicted octanol–water partition coefficient (Wildman–Crippen LogP) is 7.62. The van der Waals surface area contributed by atoms with Crippen LogP contribution in [0.15, 0.2) is 12.4 Å². The molecule has 0 amide bonds. The van der Waals surface area contributed by atoms with E-state index < -0.39 is 0 Å². The summed E-state index contributed by atoms with van der Waals surface area (Å²) in [5.41, 5.74) is 0. The molecular formula is C25H49N2+. The summed E-state index contributed by atoms with van der Waals surface area (Å²) in [5, 5.41) is 0. The highest BCUT2D eigenvalue weighted by molar-refractivity contribution is 4.83. The third kappa shape index (κ3) is 11.6. The van der Waals surface area contributed by atoms with E-state index in [0.29, 0.717) is 0 Å². The fourth-order valence-corrected chi connectivity index (χ4v) is 4.11. The van der Waals surface area contributed by atoms with Crippen LogP contribution in [0.1, 0.15) is 129 Å². The van der Waals surface area contributed by atoms with E-state index in [1.807, 2.05) is 0 Å². The average molecular weight is 378 g/mol. The minimum atomic E-state index is 1.11. The predicted molar refractivity (Wildman–Crippen MR) is 119 cm³/mol. The summed E-state index contributed by atoms with van der Waals surface area (Å²) in [6.07, 6.45) is 28.4. The van der Waals surface area contributed by atoms with Gasteiger partial charge in [0.05, 0.1) is 13.1 Å².